The number of pyridine rings is 1. The minimum atomic E-state index is -3.09. The first-order valence-corrected chi connectivity index (χ1v) is 12.2. The van der Waals surface area contributed by atoms with Gasteiger partial charge in [-0.2, -0.15) is 15.1 Å². The number of nitrogens with one attached hydrogen (secondary N) is 4. The number of aromatic amines is 1. The molecule has 0 fully saturated rings. The minimum absolute atomic E-state index is 0.000345. The van der Waals surface area contributed by atoms with E-state index in [4.69, 9.17) is 0 Å². The van der Waals surface area contributed by atoms with Crippen LogP contribution in [0.25, 0.3) is 0 Å². The first kappa shape index (κ1) is 22.2. The van der Waals surface area contributed by atoms with Crippen LogP contribution in [0.3, 0.4) is 0 Å². The molecule has 0 spiro atoms. The number of aryl methyl sites for hydroxylation is 1. The SMILES string of the molecule is Cc1cc(Nc2nc(NCc3cccnc3)cc(Nc3ccc(CS(C)(=O)=O)cc3)n2)n[nH]1. The fraction of sp³-hybridized carbons (Fsp3) is 0.182. The van der Waals surface area contributed by atoms with E-state index in [9.17, 15) is 8.42 Å². The molecule has 4 rings (SSSR count). The smallest absolute Gasteiger partial charge is 0.232 e. The van der Waals surface area contributed by atoms with Crippen LogP contribution in [-0.2, 0) is 22.1 Å². The summed E-state index contributed by atoms with van der Waals surface area (Å²) in [5.74, 6) is 2.14. The second-order valence-electron chi connectivity index (χ2n) is 7.63. The summed E-state index contributed by atoms with van der Waals surface area (Å²) in [6, 6.07) is 14.7. The molecule has 4 N–H and O–H groups in total. The van der Waals surface area contributed by atoms with E-state index in [0.29, 0.717) is 29.9 Å². The normalized spacial score (nSPS) is 11.2. The number of nitrogens with zero attached hydrogens (tertiary/aromatic N) is 4. The highest BCUT2D eigenvalue weighted by atomic mass is 32.2. The van der Waals surface area contributed by atoms with Crippen molar-refractivity contribution >= 4 is 38.9 Å². The van der Waals surface area contributed by atoms with Crippen LogP contribution in [0.2, 0.25) is 0 Å². The number of rotatable bonds is 9. The molecule has 0 unspecified atom stereocenters. The lowest BCUT2D eigenvalue weighted by molar-refractivity contribution is 0.601. The number of aromatic nitrogens is 5. The van der Waals surface area contributed by atoms with Crippen molar-refractivity contribution in [2.24, 2.45) is 0 Å². The molecule has 0 aliphatic carbocycles. The van der Waals surface area contributed by atoms with Gasteiger partial charge in [-0.25, -0.2) is 8.42 Å². The molecule has 1 aromatic carbocycles. The number of sulfone groups is 1. The Hall–Kier alpha value is -3.99. The fourth-order valence-corrected chi connectivity index (χ4v) is 3.88. The summed E-state index contributed by atoms with van der Waals surface area (Å²) in [4.78, 5) is 13.2. The van der Waals surface area contributed by atoms with Gasteiger partial charge in [-0.15, -0.1) is 0 Å². The molecule has 3 heterocycles. The highest BCUT2D eigenvalue weighted by molar-refractivity contribution is 7.89. The van der Waals surface area contributed by atoms with Gasteiger partial charge in [0.15, 0.2) is 15.7 Å². The molecule has 0 bridgehead atoms. The molecule has 4 aromatic rings. The molecule has 0 atom stereocenters. The molecular weight excluding hydrogens is 440 g/mol. The molecule has 0 saturated carbocycles. The van der Waals surface area contributed by atoms with E-state index in [2.05, 4.69) is 41.1 Å². The largest absolute Gasteiger partial charge is 0.366 e. The van der Waals surface area contributed by atoms with Crippen molar-refractivity contribution in [1.29, 1.82) is 0 Å². The average molecular weight is 465 g/mol. The summed E-state index contributed by atoms with van der Waals surface area (Å²) >= 11 is 0. The highest BCUT2D eigenvalue weighted by Gasteiger charge is 2.09. The Morgan fingerprint density at radius 3 is 2.39 bits per heavy atom. The zero-order valence-corrected chi connectivity index (χ0v) is 19.0. The summed E-state index contributed by atoms with van der Waals surface area (Å²) in [7, 11) is -3.09. The zero-order chi connectivity index (χ0) is 23.3. The van der Waals surface area contributed by atoms with Gasteiger partial charge in [-0.3, -0.25) is 10.1 Å². The molecule has 170 valence electrons. The first-order valence-electron chi connectivity index (χ1n) is 10.2. The van der Waals surface area contributed by atoms with E-state index < -0.39 is 9.84 Å². The lowest BCUT2D eigenvalue weighted by atomic mass is 10.2. The second-order valence-corrected chi connectivity index (χ2v) is 9.77. The Labute approximate surface area is 191 Å². The minimum Gasteiger partial charge on any atom is -0.366 e. The van der Waals surface area contributed by atoms with Gasteiger partial charge >= 0.3 is 0 Å². The molecular formula is C22H24N8O2S. The van der Waals surface area contributed by atoms with Gasteiger partial charge < -0.3 is 16.0 Å². The van der Waals surface area contributed by atoms with Crippen molar-refractivity contribution in [2.45, 2.75) is 19.2 Å². The van der Waals surface area contributed by atoms with E-state index in [1.807, 2.05) is 37.3 Å². The fourth-order valence-electron chi connectivity index (χ4n) is 3.08. The standard InChI is InChI=1S/C22H24N8O2S/c1-15-10-21(30-29-15)28-22-26-19(24-13-17-4-3-9-23-12-17)11-20(27-22)25-18-7-5-16(6-8-18)14-33(2,31)32/h3-12H,13-14H2,1-2H3,(H4,24,25,26,27,28,29,30). The van der Waals surface area contributed by atoms with Gasteiger partial charge in [0, 0.05) is 48.7 Å². The lowest BCUT2D eigenvalue weighted by Crippen LogP contribution is -2.07. The molecule has 0 radical (unpaired) electrons. The van der Waals surface area contributed by atoms with E-state index in [1.54, 1.807) is 30.6 Å². The third kappa shape index (κ3) is 6.74. The van der Waals surface area contributed by atoms with Gasteiger partial charge in [0.2, 0.25) is 5.95 Å². The predicted octanol–water partition coefficient (Wildman–Crippen LogP) is 3.55. The molecule has 0 saturated heterocycles. The van der Waals surface area contributed by atoms with Crippen LogP contribution in [0.5, 0.6) is 0 Å². The molecule has 0 aliphatic heterocycles. The van der Waals surface area contributed by atoms with Gasteiger partial charge in [-0.1, -0.05) is 18.2 Å². The molecule has 10 nitrogen and oxygen atoms in total. The Balaban J connectivity index is 1.55. The second kappa shape index (κ2) is 9.65. The molecule has 0 aliphatic rings. The Morgan fingerprint density at radius 1 is 0.939 bits per heavy atom. The summed E-state index contributed by atoms with van der Waals surface area (Å²) in [5, 5.41) is 16.7. The van der Waals surface area contributed by atoms with Gasteiger partial charge in [0.25, 0.3) is 0 Å². The molecule has 11 heteroatoms. The van der Waals surface area contributed by atoms with Gasteiger partial charge in [0.05, 0.1) is 5.75 Å². The van der Waals surface area contributed by atoms with Crippen molar-refractivity contribution in [3.8, 4) is 0 Å². The third-order valence-electron chi connectivity index (χ3n) is 4.52. The van der Waals surface area contributed by atoms with Gasteiger partial charge in [-0.05, 0) is 36.2 Å². The van der Waals surface area contributed by atoms with E-state index in [-0.39, 0.29) is 5.75 Å². The number of benzene rings is 1. The summed E-state index contributed by atoms with van der Waals surface area (Å²) < 4.78 is 23.0. The quantitative estimate of drug-likeness (QED) is 0.293. The van der Waals surface area contributed by atoms with Crippen LogP contribution in [0.4, 0.5) is 29.1 Å². The maximum atomic E-state index is 11.5. The Kier molecular flexibility index (Phi) is 6.50. The lowest BCUT2D eigenvalue weighted by Gasteiger charge is -2.12. The van der Waals surface area contributed by atoms with Crippen molar-refractivity contribution in [1.82, 2.24) is 25.1 Å². The number of H-pyrrole nitrogens is 1. The number of anilines is 5. The van der Waals surface area contributed by atoms with E-state index in [0.717, 1.165) is 22.5 Å². The van der Waals surface area contributed by atoms with Crippen molar-refractivity contribution in [3.63, 3.8) is 0 Å². The van der Waals surface area contributed by atoms with Crippen molar-refractivity contribution in [3.05, 3.63) is 77.7 Å². The first-order chi connectivity index (χ1) is 15.8. The maximum absolute atomic E-state index is 11.5. The highest BCUT2D eigenvalue weighted by Crippen LogP contribution is 2.22. The van der Waals surface area contributed by atoms with Crippen LogP contribution in [-0.4, -0.2) is 39.8 Å². The van der Waals surface area contributed by atoms with E-state index in [1.165, 1.54) is 6.26 Å². The van der Waals surface area contributed by atoms with Crippen LogP contribution >= 0.6 is 0 Å². The number of hydrogen-bond donors (Lipinski definition) is 4. The average Bonchev–Trinajstić information content (AvgIpc) is 3.18. The third-order valence-corrected chi connectivity index (χ3v) is 5.38. The molecule has 0 amide bonds. The van der Waals surface area contributed by atoms with Crippen LogP contribution in [0.1, 0.15) is 16.8 Å². The van der Waals surface area contributed by atoms with Crippen LogP contribution in [0.15, 0.2) is 60.9 Å². The summed E-state index contributed by atoms with van der Waals surface area (Å²) in [6.07, 6.45) is 4.73. The van der Waals surface area contributed by atoms with E-state index >= 15 is 0 Å². The monoisotopic (exact) mass is 464 g/mol. The topological polar surface area (TPSA) is 138 Å². The number of hydrogen-bond acceptors (Lipinski definition) is 9. The summed E-state index contributed by atoms with van der Waals surface area (Å²) in [6.45, 7) is 2.46. The summed E-state index contributed by atoms with van der Waals surface area (Å²) in [5.41, 5.74) is 3.42. The van der Waals surface area contributed by atoms with Crippen LogP contribution < -0.4 is 16.0 Å². The van der Waals surface area contributed by atoms with Crippen molar-refractivity contribution < 1.29 is 8.42 Å². The maximum Gasteiger partial charge on any atom is 0.232 e. The predicted molar refractivity (Wildman–Crippen MR) is 128 cm³/mol. The Bertz CT molecular complexity index is 1320. The van der Waals surface area contributed by atoms with Gasteiger partial charge in [0.1, 0.15) is 11.6 Å². The zero-order valence-electron chi connectivity index (χ0n) is 18.2. The molecule has 33 heavy (non-hydrogen) atoms. The Morgan fingerprint density at radius 2 is 1.73 bits per heavy atom. The van der Waals surface area contributed by atoms with Crippen LogP contribution in [0, 0.1) is 6.92 Å². The van der Waals surface area contributed by atoms with Crippen molar-refractivity contribution in [2.75, 3.05) is 22.2 Å². The molecule has 3 aromatic heterocycles.